The van der Waals surface area contributed by atoms with Crippen molar-refractivity contribution in [1.29, 1.82) is 0 Å². The number of aryl methyl sites for hydroxylation is 1. The Morgan fingerprint density at radius 1 is 1.54 bits per heavy atom. The molecule has 0 saturated heterocycles. The number of hydrogen-bond donors (Lipinski definition) is 2. The van der Waals surface area contributed by atoms with Gasteiger partial charge in [-0.3, -0.25) is 4.79 Å². The summed E-state index contributed by atoms with van der Waals surface area (Å²) in [6, 6.07) is 0. The molecule has 0 aliphatic heterocycles. The SMILES string of the molecule is CCc1sc(N)c(C=O)c1C.CO. The molecule has 4 heteroatoms. The van der Waals surface area contributed by atoms with Gasteiger partial charge in [-0.1, -0.05) is 6.92 Å². The van der Waals surface area contributed by atoms with Crippen molar-refractivity contribution in [2.45, 2.75) is 20.3 Å². The van der Waals surface area contributed by atoms with Crippen LogP contribution in [0.4, 0.5) is 5.00 Å². The lowest BCUT2D eigenvalue weighted by atomic mass is 10.1. The zero-order chi connectivity index (χ0) is 10.4. The van der Waals surface area contributed by atoms with E-state index < -0.39 is 0 Å². The maximum atomic E-state index is 10.5. The second-order valence-electron chi connectivity index (χ2n) is 2.40. The number of aliphatic hydroxyl groups is 1. The predicted octanol–water partition coefficient (Wildman–Crippen LogP) is 1.62. The first-order valence-electron chi connectivity index (χ1n) is 3.98. The second-order valence-corrected chi connectivity index (χ2v) is 3.54. The minimum Gasteiger partial charge on any atom is -0.400 e. The topological polar surface area (TPSA) is 63.3 Å². The van der Waals surface area contributed by atoms with Crippen molar-refractivity contribution in [1.82, 2.24) is 0 Å². The molecule has 0 unspecified atom stereocenters. The van der Waals surface area contributed by atoms with E-state index in [9.17, 15) is 4.79 Å². The highest BCUT2D eigenvalue weighted by molar-refractivity contribution is 7.16. The minimum absolute atomic E-state index is 0.648. The molecule has 1 rings (SSSR count). The Kier molecular flexibility index (Phi) is 5.34. The summed E-state index contributed by atoms with van der Waals surface area (Å²) in [6.07, 6.45) is 1.79. The first-order valence-corrected chi connectivity index (χ1v) is 4.80. The smallest absolute Gasteiger partial charge is 0.153 e. The number of anilines is 1. The number of nitrogen functional groups attached to an aromatic ring is 1. The number of hydrogen-bond acceptors (Lipinski definition) is 4. The van der Waals surface area contributed by atoms with Gasteiger partial charge in [0.2, 0.25) is 0 Å². The zero-order valence-electron chi connectivity index (χ0n) is 8.13. The maximum Gasteiger partial charge on any atom is 0.153 e. The van der Waals surface area contributed by atoms with Crippen LogP contribution in [0.2, 0.25) is 0 Å². The summed E-state index contributed by atoms with van der Waals surface area (Å²) in [4.78, 5) is 11.7. The molecule has 0 aromatic carbocycles. The monoisotopic (exact) mass is 201 g/mol. The molecular weight excluding hydrogens is 186 g/mol. The van der Waals surface area contributed by atoms with Crippen LogP contribution in [0.5, 0.6) is 0 Å². The quantitative estimate of drug-likeness (QED) is 0.715. The van der Waals surface area contributed by atoms with Gasteiger partial charge in [0.05, 0.1) is 10.6 Å². The normalized spacial score (nSPS) is 8.92. The van der Waals surface area contributed by atoms with Crippen molar-refractivity contribution in [2.24, 2.45) is 0 Å². The summed E-state index contributed by atoms with van der Waals surface area (Å²) >= 11 is 1.51. The molecule has 0 bridgehead atoms. The van der Waals surface area contributed by atoms with E-state index in [1.807, 2.05) is 6.92 Å². The highest BCUT2D eigenvalue weighted by atomic mass is 32.1. The molecule has 0 saturated carbocycles. The Morgan fingerprint density at radius 2 is 2.08 bits per heavy atom. The van der Waals surface area contributed by atoms with Crippen LogP contribution in [0.3, 0.4) is 0 Å². The van der Waals surface area contributed by atoms with Crippen LogP contribution in [-0.4, -0.2) is 18.5 Å². The summed E-state index contributed by atoms with van der Waals surface area (Å²) in [5.74, 6) is 0. The third kappa shape index (κ3) is 2.54. The molecule has 0 aliphatic carbocycles. The van der Waals surface area contributed by atoms with Crippen LogP contribution >= 0.6 is 11.3 Å². The first-order chi connectivity index (χ1) is 6.20. The average Bonchev–Trinajstić information content (AvgIpc) is 2.44. The highest BCUT2D eigenvalue weighted by Gasteiger charge is 2.09. The third-order valence-electron chi connectivity index (χ3n) is 1.76. The van der Waals surface area contributed by atoms with E-state index in [2.05, 4.69) is 6.92 Å². The summed E-state index contributed by atoms with van der Waals surface area (Å²) in [6.45, 7) is 4.00. The molecule has 0 spiro atoms. The van der Waals surface area contributed by atoms with E-state index in [0.717, 1.165) is 25.4 Å². The standard InChI is InChI=1S/C8H11NOS.CH4O/c1-3-7-5(2)6(4-10)8(9)11-7;1-2/h4H,3,9H2,1-2H3;2H,1H3. The lowest BCUT2D eigenvalue weighted by Gasteiger charge is -1.91. The molecule has 0 fully saturated rings. The van der Waals surface area contributed by atoms with Gasteiger partial charge in [-0.2, -0.15) is 0 Å². The van der Waals surface area contributed by atoms with Crippen molar-refractivity contribution < 1.29 is 9.90 Å². The number of aliphatic hydroxyl groups excluding tert-OH is 1. The Labute approximate surface area is 82.2 Å². The fraction of sp³-hybridized carbons (Fsp3) is 0.444. The molecule has 1 aromatic heterocycles. The maximum absolute atomic E-state index is 10.5. The fourth-order valence-corrected chi connectivity index (χ4v) is 2.07. The molecule has 1 heterocycles. The van der Waals surface area contributed by atoms with Crippen molar-refractivity contribution in [3.8, 4) is 0 Å². The molecule has 0 atom stereocenters. The van der Waals surface area contributed by atoms with Crippen LogP contribution in [0.25, 0.3) is 0 Å². The van der Waals surface area contributed by atoms with Gasteiger partial charge in [-0.25, -0.2) is 0 Å². The van der Waals surface area contributed by atoms with Gasteiger partial charge < -0.3 is 10.8 Å². The van der Waals surface area contributed by atoms with Crippen molar-refractivity contribution >= 4 is 22.6 Å². The lowest BCUT2D eigenvalue weighted by molar-refractivity contribution is 0.112. The van der Waals surface area contributed by atoms with Gasteiger partial charge in [-0.05, 0) is 18.9 Å². The number of nitrogens with two attached hydrogens (primary N) is 1. The van der Waals surface area contributed by atoms with Gasteiger partial charge in [0.15, 0.2) is 6.29 Å². The molecule has 1 aromatic rings. The third-order valence-corrected chi connectivity index (χ3v) is 3.04. The number of carbonyl (C=O) groups is 1. The summed E-state index contributed by atoms with van der Waals surface area (Å²) in [5.41, 5.74) is 7.33. The van der Waals surface area contributed by atoms with Gasteiger partial charge in [0, 0.05) is 12.0 Å². The van der Waals surface area contributed by atoms with Gasteiger partial charge >= 0.3 is 0 Å². The van der Waals surface area contributed by atoms with Crippen molar-refractivity contribution in [2.75, 3.05) is 12.8 Å². The van der Waals surface area contributed by atoms with E-state index in [-0.39, 0.29) is 0 Å². The zero-order valence-corrected chi connectivity index (χ0v) is 8.94. The number of carbonyl (C=O) groups excluding carboxylic acids is 1. The first kappa shape index (κ1) is 12.1. The molecule has 13 heavy (non-hydrogen) atoms. The van der Waals surface area contributed by atoms with Crippen LogP contribution in [0, 0.1) is 6.92 Å². The molecule has 3 N–H and O–H groups in total. The largest absolute Gasteiger partial charge is 0.400 e. The molecular formula is C9H15NO2S. The van der Waals surface area contributed by atoms with Gasteiger partial charge in [0.1, 0.15) is 0 Å². The summed E-state index contributed by atoms with van der Waals surface area (Å²) in [7, 11) is 1.00. The van der Waals surface area contributed by atoms with E-state index >= 15 is 0 Å². The van der Waals surface area contributed by atoms with Crippen LogP contribution in [0.1, 0.15) is 27.7 Å². The summed E-state index contributed by atoms with van der Waals surface area (Å²) < 4.78 is 0. The highest BCUT2D eigenvalue weighted by Crippen LogP contribution is 2.28. The Balaban J connectivity index is 0.000000671. The Hall–Kier alpha value is -0.870. The van der Waals surface area contributed by atoms with E-state index in [0.29, 0.717) is 10.6 Å². The van der Waals surface area contributed by atoms with Gasteiger partial charge in [-0.15, -0.1) is 11.3 Å². The molecule has 0 amide bonds. The fourth-order valence-electron chi connectivity index (χ4n) is 1.08. The Bertz CT molecular complexity index is 281. The minimum atomic E-state index is 0.648. The van der Waals surface area contributed by atoms with Crippen LogP contribution < -0.4 is 5.73 Å². The molecule has 0 radical (unpaired) electrons. The Morgan fingerprint density at radius 3 is 2.31 bits per heavy atom. The van der Waals surface area contributed by atoms with Gasteiger partial charge in [0.25, 0.3) is 0 Å². The average molecular weight is 201 g/mol. The molecule has 0 aliphatic rings. The molecule has 3 nitrogen and oxygen atoms in total. The summed E-state index contributed by atoms with van der Waals surface area (Å²) in [5, 5.41) is 7.65. The number of rotatable bonds is 2. The van der Waals surface area contributed by atoms with Crippen molar-refractivity contribution in [3.63, 3.8) is 0 Å². The predicted molar refractivity (Wildman–Crippen MR) is 56.4 cm³/mol. The number of thiophene rings is 1. The van der Waals surface area contributed by atoms with Crippen LogP contribution in [0.15, 0.2) is 0 Å². The second kappa shape index (κ2) is 5.72. The van der Waals surface area contributed by atoms with E-state index in [1.165, 1.54) is 16.2 Å². The van der Waals surface area contributed by atoms with Crippen molar-refractivity contribution in [3.05, 3.63) is 16.0 Å². The van der Waals surface area contributed by atoms with E-state index in [4.69, 9.17) is 10.8 Å². The lowest BCUT2D eigenvalue weighted by Crippen LogP contribution is -1.88. The van der Waals surface area contributed by atoms with E-state index in [1.54, 1.807) is 0 Å². The van der Waals surface area contributed by atoms with Crippen LogP contribution in [-0.2, 0) is 6.42 Å². The molecule has 74 valence electrons. The number of aldehydes is 1.